The van der Waals surface area contributed by atoms with Crippen LogP contribution in [0.1, 0.15) is 24.0 Å². The lowest BCUT2D eigenvalue weighted by molar-refractivity contribution is 0.0620. The highest BCUT2D eigenvalue weighted by atomic mass is 35.5. The molecule has 0 radical (unpaired) electrons. The van der Waals surface area contributed by atoms with Crippen LogP contribution in [0.3, 0.4) is 0 Å². The van der Waals surface area contributed by atoms with Gasteiger partial charge < -0.3 is 4.74 Å². The van der Waals surface area contributed by atoms with Crippen LogP contribution in [-0.2, 0) is 10.0 Å². The second-order valence-electron chi connectivity index (χ2n) is 6.81. The molecular weight excluding hydrogens is 370 g/mol. The zero-order valence-electron chi connectivity index (χ0n) is 14.5. The van der Waals surface area contributed by atoms with Gasteiger partial charge in [0.25, 0.3) is 0 Å². The molecule has 1 spiro atoms. The Morgan fingerprint density at radius 3 is 2.58 bits per heavy atom. The Morgan fingerprint density at radius 2 is 1.81 bits per heavy atom. The largest absolute Gasteiger partial charge is 0.482 e. The Labute approximate surface area is 159 Å². The maximum absolute atomic E-state index is 13.0. The average Bonchev–Trinajstić information content (AvgIpc) is 2.64. The van der Waals surface area contributed by atoms with Gasteiger partial charge in [0, 0.05) is 36.5 Å². The number of piperidine rings is 1. The van der Waals surface area contributed by atoms with Crippen LogP contribution in [0.15, 0.2) is 53.4 Å². The number of halogens is 1. The van der Waals surface area contributed by atoms with Crippen molar-refractivity contribution >= 4 is 27.7 Å². The maximum atomic E-state index is 13.0. The fourth-order valence-corrected chi connectivity index (χ4v) is 5.51. The van der Waals surface area contributed by atoms with E-state index in [-0.39, 0.29) is 4.90 Å². The van der Waals surface area contributed by atoms with Gasteiger partial charge in [-0.25, -0.2) is 8.42 Å². The standard InChI is InChI=1S/C20H20ClNO3S/c1-15-17(21)6-4-8-19(15)26(23,24)22-13-11-20(12-14-22)10-9-16-5-2-3-7-18(16)25-20/h2-10H,11-14H2,1H3. The van der Waals surface area contributed by atoms with E-state index < -0.39 is 15.6 Å². The lowest BCUT2D eigenvalue weighted by Crippen LogP contribution is -2.49. The summed E-state index contributed by atoms with van der Waals surface area (Å²) in [5.41, 5.74) is 1.23. The summed E-state index contributed by atoms with van der Waals surface area (Å²) in [5, 5.41) is 0.467. The summed E-state index contributed by atoms with van der Waals surface area (Å²) in [6.07, 6.45) is 5.39. The third kappa shape index (κ3) is 2.94. The first-order valence-corrected chi connectivity index (χ1v) is 10.5. The number of benzene rings is 2. The Morgan fingerprint density at radius 1 is 1.08 bits per heavy atom. The van der Waals surface area contributed by atoms with Crippen molar-refractivity contribution in [3.8, 4) is 5.75 Å². The average molecular weight is 390 g/mol. The lowest BCUT2D eigenvalue weighted by atomic mass is 9.89. The first-order valence-electron chi connectivity index (χ1n) is 8.64. The van der Waals surface area contributed by atoms with E-state index in [1.807, 2.05) is 24.3 Å². The summed E-state index contributed by atoms with van der Waals surface area (Å²) in [5.74, 6) is 0.858. The van der Waals surface area contributed by atoms with Crippen molar-refractivity contribution in [3.05, 3.63) is 64.7 Å². The number of ether oxygens (including phenoxy) is 1. The summed E-state index contributed by atoms with van der Waals surface area (Å²) >= 11 is 6.11. The van der Waals surface area contributed by atoms with Gasteiger partial charge in [-0.05, 0) is 36.8 Å². The molecule has 0 N–H and O–H groups in total. The zero-order valence-corrected chi connectivity index (χ0v) is 16.1. The molecule has 0 unspecified atom stereocenters. The van der Waals surface area contributed by atoms with Gasteiger partial charge in [-0.15, -0.1) is 0 Å². The van der Waals surface area contributed by atoms with Crippen molar-refractivity contribution in [2.45, 2.75) is 30.3 Å². The molecular formula is C20H20ClNO3S. The zero-order chi connectivity index (χ0) is 18.4. The molecule has 2 heterocycles. The van der Waals surface area contributed by atoms with Gasteiger partial charge in [0.15, 0.2) is 0 Å². The Hall–Kier alpha value is -1.82. The second kappa shape index (κ2) is 6.41. The van der Waals surface area contributed by atoms with Crippen LogP contribution in [0.4, 0.5) is 0 Å². The maximum Gasteiger partial charge on any atom is 0.243 e. The molecule has 0 aromatic heterocycles. The third-order valence-corrected chi connectivity index (χ3v) is 7.66. The summed E-state index contributed by atoms with van der Waals surface area (Å²) in [6, 6.07) is 12.9. The minimum atomic E-state index is -3.56. The summed E-state index contributed by atoms with van der Waals surface area (Å²) in [6.45, 7) is 2.58. The van der Waals surface area contributed by atoms with Crippen molar-refractivity contribution in [2.24, 2.45) is 0 Å². The van der Waals surface area contributed by atoms with Gasteiger partial charge >= 0.3 is 0 Å². The molecule has 0 atom stereocenters. The van der Waals surface area contributed by atoms with E-state index >= 15 is 0 Å². The number of fused-ring (bicyclic) bond motifs is 1. The molecule has 136 valence electrons. The van der Waals surface area contributed by atoms with Crippen molar-refractivity contribution in [1.29, 1.82) is 0 Å². The van der Waals surface area contributed by atoms with Gasteiger partial charge in [0.1, 0.15) is 11.4 Å². The van der Waals surface area contributed by atoms with Crippen LogP contribution in [0.5, 0.6) is 5.75 Å². The Bertz CT molecular complexity index is 976. The highest BCUT2D eigenvalue weighted by Crippen LogP contribution is 2.38. The highest BCUT2D eigenvalue weighted by Gasteiger charge is 2.40. The van der Waals surface area contributed by atoms with Crippen LogP contribution in [-0.4, -0.2) is 31.4 Å². The van der Waals surface area contributed by atoms with Crippen molar-refractivity contribution in [1.82, 2.24) is 4.31 Å². The van der Waals surface area contributed by atoms with E-state index in [9.17, 15) is 8.42 Å². The summed E-state index contributed by atoms with van der Waals surface area (Å²) in [7, 11) is -3.56. The first kappa shape index (κ1) is 17.6. The number of hydrogen-bond donors (Lipinski definition) is 0. The van der Waals surface area contributed by atoms with Crippen LogP contribution in [0, 0.1) is 6.92 Å². The Kier molecular flexibility index (Phi) is 4.34. The molecule has 4 nitrogen and oxygen atoms in total. The summed E-state index contributed by atoms with van der Waals surface area (Å²) in [4.78, 5) is 0.284. The fourth-order valence-electron chi connectivity index (χ4n) is 3.59. The van der Waals surface area contributed by atoms with Gasteiger partial charge in [-0.2, -0.15) is 4.31 Å². The second-order valence-corrected chi connectivity index (χ2v) is 9.12. The number of hydrogen-bond acceptors (Lipinski definition) is 3. The van der Waals surface area contributed by atoms with Gasteiger partial charge in [-0.1, -0.05) is 41.9 Å². The molecule has 2 aromatic rings. The molecule has 0 saturated carbocycles. The predicted octanol–water partition coefficient (Wildman–Crippen LogP) is 4.28. The van der Waals surface area contributed by atoms with Gasteiger partial charge in [0.05, 0.1) is 4.90 Å². The molecule has 0 aliphatic carbocycles. The fraction of sp³-hybridized carbons (Fsp3) is 0.300. The predicted molar refractivity (Wildman–Crippen MR) is 103 cm³/mol. The van der Waals surface area contributed by atoms with Crippen LogP contribution in [0.25, 0.3) is 6.08 Å². The van der Waals surface area contributed by atoms with E-state index in [0.717, 1.165) is 11.3 Å². The number of rotatable bonds is 2. The molecule has 6 heteroatoms. The Balaban J connectivity index is 1.55. The van der Waals surface area contributed by atoms with Gasteiger partial charge in [0.2, 0.25) is 10.0 Å². The van der Waals surface area contributed by atoms with Crippen LogP contribution in [0.2, 0.25) is 5.02 Å². The van der Waals surface area contributed by atoms with E-state index in [0.29, 0.717) is 36.5 Å². The minimum Gasteiger partial charge on any atom is -0.482 e. The first-order chi connectivity index (χ1) is 12.4. The smallest absolute Gasteiger partial charge is 0.243 e. The molecule has 0 amide bonds. The molecule has 2 aliphatic rings. The minimum absolute atomic E-state index is 0.284. The van der Waals surface area contributed by atoms with Crippen molar-refractivity contribution in [3.63, 3.8) is 0 Å². The van der Waals surface area contributed by atoms with Crippen LogP contribution >= 0.6 is 11.6 Å². The van der Waals surface area contributed by atoms with E-state index in [2.05, 4.69) is 12.2 Å². The molecule has 4 rings (SSSR count). The van der Waals surface area contributed by atoms with Crippen molar-refractivity contribution < 1.29 is 13.2 Å². The molecule has 2 aromatic carbocycles. The topological polar surface area (TPSA) is 46.6 Å². The summed E-state index contributed by atoms with van der Waals surface area (Å²) < 4.78 is 33.9. The SMILES string of the molecule is Cc1c(Cl)cccc1S(=O)(=O)N1CCC2(C=Cc3ccccc3O2)CC1. The molecule has 2 aliphatic heterocycles. The number of para-hydroxylation sites is 1. The number of nitrogens with zero attached hydrogens (tertiary/aromatic N) is 1. The number of sulfonamides is 1. The van der Waals surface area contributed by atoms with Crippen LogP contribution < -0.4 is 4.74 Å². The molecule has 26 heavy (non-hydrogen) atoms. The quantitative estimate of drug-likeness (QED) is 0.770. The molecule has 1 saturated heterocycles. The molecule has 1 fully saturated rings. The van der Waals surface area contributed by atoms with Gasteiger partial charge in [-0.3, -0.25) is 0 Å². The molecule has 0 bridgehead atoms. The van der Waals surface area contributed by atoms with E-state index in [1.165, 1.54) is 4.31 Å². The van der Waals surface area contributed by atoms with E-state index in [4.69, 9.17) is 16.3 Å². The third-order valence-electron chi connectivity index (χ3n) is 5.20. The van der Waals surface area contributed by atoms with E-state index in [1.54, 1.807) is 25.1 Å². The lowest BCUT2D eigenvalue weighted by Gasteiger charge is -2.41. The monoisotopic (exact) mass is 389 g/mol. The normalized spacial score (nSPS) is 19.2. The van der Waals surface area contributed by atoms with Crippen molar-refractivity contribution in [2.75, 3.05) is 13.1 Å². The highest BCUT2D eigenvalue weighted by molar-refractivity contribution is 7.89.